The van der Waals surface area contributed by atoms with Gasteiger partial charge in [-0.25, -0.2) is 4.39 Å². The molecule has 0 aliphatic carbocycles. The van der Waals surface area contributed by atoms with Gasteiger partial charge in [-0.05, 0) is 50.6 Å². The zero-order valence-corrected chi connectivity index (χ0v) is 14.8. The number of carbonyl (C=O) groups excluding carboxylic acids is 1. The first kappa shape index (κ1) is 17.7. The van der Waals surface area contributed by atoms with Gasteiger partial charge in [0.25, 0.3) is 5.91 Å². The molecule has 1 N–H and O–H groups in total. The number of hydrogen-bond acceptors (Lipinski definition) is 4. The smallest absolute Gasteiger partial charge is 0.278 e. The van der Waals surface area contributed by atoms with E-state index in [1.807, 2.05) is 32.0 Å². The number of hydrogen-bond donors (Lipinski definition) is 1. The highest BCUT2D eigenvalue weighted by atomic mass is 19.1. The first-order chi connectivity index (χ1) is 12.4. The van der Waals surface area contributed by atoms with Crippen LogP contribution in [0.15, 0.2) is 47.0 Å². The Bertz CT molecular complexity index is 950. The number of nitrogens with one attached hydrogen (secondary N) is 1. The summed E-state index contributed by atoms with van der Waals surface area (Å²) < 4.78 is 24.3. The maximum atomic E-state index is 13.3. The predicted molar refractivity (Wildman–Crippen MR) is 95.8 cm³/mol. The van der Waals surface area contributed by atoms with Crippen LogP contribution in [0.1, 0.15) is 32.9 Å². The second-order valence-corrected chi connectivity index (χ2v) is 6.09. The van der Waals surface area contributed by atoms with Crippen LogP contribution < -0.4 is 10.1 Å². The lowest BCUT2D eigenvalue weighted by atomic mass is 10.1. The molecule has 0 aliphatic rings. The molecule has 0 aliphatic heterocycles. The number of aromatic nitrogens is 1. The number of rotatable bonds is 5. The van der Waals surface area contributed by atoms with Crippen molar-refractivity contribution in [1.29, 1.82) is 0 Å². The Hall–Kier alpha value is -3.15. The van der Waals surface area contributed by atoms with Crippen molar-refractivity contribution >= 4 is 11.6 Å². The molecule has 26 heavy (non-hydrogen) atoms. The molecule has 1 aromatic heterocycles. The summed E-state index contributed by atoms with van der Waals surface area (Å²) in [6.45, 7) is 5.83. The van der Waals surface area contributed by atoms with E-state index in [-0.39, 0.29) is 12.3 Å². The Labute approximate surface area is 150 Å². The summed E-state index contributed by atoms with van der Waals surface area (Å²) >= 11 is 0. The van der Waals surface area contributed by atoms with Crippen molar-refractivity contribution in [3.63, 3.8) is 0 Å². The van der Waals surface area contributed by atoms with Crippen LogP contribution in [-0.2, 0) is 6.61 Å². The molecule has 2 aromatic carbocycles. The molecule has 0 radical (unpaired) electrons. The largest absolute Gasteiger partial charge is 0.488 e. The van der Waals surface area contributed by atoms with Crippen LogP contribution in [0.3, 0.4) is 0 Å². The van der Waals surface area contributed by atoms with Gasteiger partial charge in [0.15, 0.2) is 5.69 Å². The van der Waals surface area contributed by atoms with E-state index in [0.717, 1.165) is 16.9 Å². The summed E-state index contributed by atoms with van der Waals surface area (Å²) in [5.41, 5.74) is 3.17. The Balaban J connectivity index is 1.76. The molecule has 1 amide bonds. The fourth-order valence-corrected chi connectivity index (χ4v) is 2.61. The highest BCUT2D eigenvalue weighted by molar-refractivity contribution is 6.03. The Morgan fingerprint density at radius 2 is 2.00 bits per heavy atom. The van der Waals surface area contributed by atoms with Crippen LogP contribution in [0.25, 0.3) is 0 Å². The van der Waals surface area contributed by atoms with Gasteiger partial charge in [-0.3, -0.25) is 4.79 Å². The summed E-state index contributed by atoms with van der Waals surface area (Å²) in [5, 5.41) is 6.44. The van der Waals surface area contributed by atoms with Gasteiger partial charge in [0, 0.05) is 5.69 Å². The van der Waals surface area contributed by atoms with Gasteiger partial charge in [-0.1, -0.05) is 28.9 Å². The van der Waals surface area contributed by atoms with Crippen LogP contribution in [0.2, 0.25) is 0 Å². The summed E-state index contributed by atoms with van der Waals surface area (Å²) in [5.74, 6) is 0.316. The van der Waals surface area contributed by atoms with Crippen molar-refractivity contribution in [2.45, 2.75) is 27.4 Å². The van der Waals surface area contributed by atoms with E-state index in [2.05, 4.69) is 10.5 Å². The summed E-state index contributed by atoms with van der Waals surface area (Å²) in [6.07, 6.45) is 0. The van der Waals surface area contributed by atoms with Gasteiger partial charge in [0.2, 0.25) is 0 Å². The predicted octanol–water partition coefficient (Wildman–Crippen LogP) is 4.57. The van der Waals surface area contributed by atoms with Gasteiger partial charge in [0.1, 0.15) is 23.9 Å². The summed E-state index contributed by atoms with van der Waals surface area (Å²) in [4.78, 5) is 12.5. The maximum absolute atomic E-state index is 13.3. The maximum Gasteiger partial charge on any atom is 0.278 e. The van der Waals surface area contributed by atoms with E-state index in [0.29, 0.717) is 17.0 Å². The molecule has 0 fully saturated rings. The number of ether oxygens (including phenoxy) is 1. The number of anilines is 1. The minimum absolute atomic E-state index is 0.122. The van der Waals surface area contributed by atoms with Crippen LogP contribution in [0.4, 0.5) is 10.1 Å². The van der Waals surface area contributed by atoms with Crippen LogP contribution in [0.5, 0.6) is 5.75 Å². The highest BCUT2D eigenvalue weighted by Gasteiger charge is 2.21. The van der Waals surface area contributed by atoms with E-state index in [1.54, 1.807) is 13.0 Å². The quantitative estimate of drug-likeness (QED) is 0.729. The average Bonchev–Trinajstić information content (AvgIpc) is 2.95. The van der Waals surface area contributed by atoms with Gasteiger partial charge >= 0.3 is 0 Å². The Morgan fingerprint density at radius 1 is 1.19 bits per heavy atom. The van der Waals surface area contributed by atoms with Gasteiger partial charge < -0.3 is 14.6 Å². The molecule has 0 saturated heterocycles. The number of amides is 1. The van der Waals surface area contributed by atoms with Gasteiger partial charge in [-0.15, -0.1) is 0 Å². The van der Waals surface area contributed by atoms with Crippen molar-refractivity contribution in [3.8, 4) is 5.75 Å². The number of nitrogens with zero attached hydrogens (tertiary/aromatic N) is 1. The zero-order chi connectivity index (χ0) is 18.7. The van der Waals surface area contributed by atoms with Gasteiger partial charge in [-0.2, -0.15) is 0 Å². The highest BCUT2D eigenvalue weighted by Crippen LogP contribution is 2.23. The molecule has 5 nitrogen and oxygen atoms in total. The first-order valence-electron chi connectivity index (χ1n) is 8.16. The zero-order valence-electron chi connectivity index (χ0n) is 14.8. The van der Waals surface area contributed by atoms with E-state index < -0.39 is 11.7 Å². The van der Waals surface area contributed by atoms with Crippen LogP contribution in [0, 0.1) is 26.6 Å². The molecule has 3 rings (SSSR count). The van der Waals surface area contributed by atoms with Crippen LogP contribution >= 0.6 is 0 Å². The van der Waals surface area contributed by atoms with Crippen molar-refractivity contribution in [1.82, 2.24) is 5.16 Å². The molecule has 0 atom stereocenters. The third kappa shape index (κ3) is 3.91. The van der Waals surface area contributed by atoms with Crippen LogP contribution in [-0.4, -0.2) is 11.1 Å². The summed E-state index contributed by atoms with van der Waals surface area (Å²) in [6, 6.07) is 11.5. The number of benzene rings is 2. The fourth-order valence-electron chi connectivity index (χ4n) is 2.61. The van der Waals surface area contributed by atoms with Crippen molar-refractivity contribution in [3.05, 3.63) is 76.4 Å². The molecule has 1 heterocycles. The second kappa shape index (κ2) is 7.39. The molecule has 0 spiro atoms. The normalized spacial score (nSPS) is 10.6. The van der Waals surface area contributed by atoms with Crippen molar-refractivity contribution < 1.29 is 18.4 Å². The number of carbonyl (C=O) groups is 1. The molecule has 0 saturated carbocycles. The molecule has 0 bridgehead atoms. The molecular formula is C20H19FN2O3. The monoisotopic (exact) mass is 354 g/mol. The molecule has 3 aromatic rings. The van der Waals surface area contributed by atoms with E-state index in [1.165, 1.54) is 18.2 Å². The van der Waals surface area contributed by atoms with Crippen molar-refractivity contribution in [2.24, 2.45) is 0 Å². The van der Waals surface area contributed by atoms with E-state index in [4.69, 9.17) is 9.26 Å². The first-order valence-corrected chi connectivity index (χ1v) is 8.16. The van der Waals surface area contributed by atoms with E-state index in [9.17, 15) is 9.18 Å². The SMILES string of the molecule is Cc1ccc(OCc2c(C(=O)Nc3cccc(F)c3)noc2C)c(C)c1. The lowest BCUT2D eigenvalue weighted by Crippen LogP contribution is -2.15. The topological polar surface area (TPSA) is 64.4 Å². The minimum Gasteiger partial charge on any atom is -0.488 e. The van der Waals surface area contributed by atoms with E-state index >= 15 is 0 Å². The lowest BCUT2D eigenvalue weighted by molar-refractivity contribution is 0.101. The third-order valence-electron chi connectivity index (χ3n) is 3.98. The third-order valence-corrected chi connectivity index (χ3v) is 3.98. The number of aryl methyl sites for hydroxylation is 3. The molecule has 0 unspecified atom stereocenters. The Morgan fingerprint density at radius 3 is 2.73 bits per heavy atom. The molecule has 6 heteroatoms. The molecular weight excluding hydrogens is 335 g/mol. The second-order valence-electron chi connectivity index (χ2n) is 6.09. The van der Waals surface area contributed by atoms with Gasteiger partial charge in [0.05, 0.1) is 5.56 Å². The summed E-state index contributed by atoms with van der Waals surface area (Å²) in [7, 11) is 0. The number of halogens is 1. The molecule has 134 valence electrons. The minimum atomic E-state index is -0.480. The Kier molecular flexibility index (Phi) is 5.02. The van der Waals surface area contributed by atoms with Crippen molar-refractivity contribution in [2.75, 3.05) is 5.32 Å². The lowest BCUT2D eigenvalue weighted by Gasteiger charge is -2.10. The standard InChI is InChI=1S/C20H19FN2O3/c1-12-7-8-18(13(2)9-12)25-11-17-14(3)26-23-19(17)20(24)22-16-6-4-5-15(21)10-16/h4-10H,11H2,1-3H3,(H,22,24). The average molecular weight is 354 g/mol. The fraction of sp³-hybridized carbons (Fsp3) is 0.200.